The quantitative estimate of drug-likeness (QED) is 0.699. The van der Waals surface area contributed by atoms with E-state index < -0.39 is 6.61 Å². The zero-order valence-electron chi connectivity index (χ0n) is 14.6. The van der Waals surface area contributed by atoms with Crippen LogP contribution in [-0.2, 0) is 17.8 Å². The Morgan fingerprint density at radius 1 is 1.44 bits per heavy atom. The van der Waals surface area contributed by atoms with E-state index in [0.717, 1.165) is 27.7 Å². The Kier molecular flexibility index (Phi) is 4.72. The Bertz CT molecular complexity index is 1050. The molecule has 140 valence electrons. The van der Waals surface area contributed by atoms with Crippen molar-refractivity contribution in [1.29, 1.82) is 0 Å². The van der Waals surface area contributed by atoms with Crippen LogP contribution in [0, 0.1) is 0 Å². The molecule has 6 nitrogen and oxygen atoms in total. The lowest BCUT2D eigenvalue weighted by Gasteiger charge is -2.27. The molecule has 0 saturated heterocycles. The van der Waals surface area contributed by atoms with E-state index in [1.165, 1.54) is 0 Å². The highest BCUT2D eigenvalue weighted by Crippen LogP contribution is 2.43. The first-order valence-corrected chi connectivity index (χ1v) is 9.20. The molecule has 27 heavy (non-hydrogen) atoms. The number of ether oxygens (including phenoxy) is 1. The van der Waals surface area contributed by atoms with Crippen molar-refractivity contribution in [2.75, 3.05) is 20.3 Å². The van der Waals surface area contributed by atoms with Gasteiger partial charge in [-0.25, -0.2) is 0 Å². The van der Waals surface area contributed by atoms with Crippen LogP contribution >= 0.6 is 23.2 Å². The van der Waals surface area contributed by atoms with Gasteiger partial charge in [0.1, 0.15) is 18.1 Å². The normalized spacial score (nSPS) is 13.7. The van der Waals surface area contributed by atoms with Crippen molar-refractivity contribution in [3.8, 4) is 17.0 Å². The fourth-order valence-electron chi connectivity index (χ4n) is 3.60. The van der Waals surface area contributed by atoms with Crippen molar-refractivity contribution < 1.29 is 14.6 Å². The maximum atomic E-state index is 12.0. The number of aromatic amines is 1. The average molecular weight is 406 g/mol. The number of benzene rings is 1. The van der Waals surface area contributed by atoms with Crippen molar-refractivity contribution >= 4 is 40.0 Å². The number of fused-ring (bicyclic) bond motifs is 3. The standard InChI is InChI=1S/C19H17Cl2N3O3/c1-27-14-3-2-5-22-18(14)10-7-12(20)17(21)19-16(10)11-8-24(15(26)9-25)6-4-13(11)23-19/h2-3,5,7,23,25H,4,6,8-9H2,1H3. The number of amides is 1. The van der Waals surface area contributed by atoms with E-state index in [1.54, 1.807) is 30.3 Å². The molecule has 1 aromatic carbocycles. The Hall–Kier alpha value is -2.28. The highest BCUT2D eigenvalue weighted by Gasteiger charge is 2.27. The number of halogens is 2. The smallest absolute Gasteiger partial charge is 0.248 e. The molecule has 0 unspecified atom stereocenters. The van der Waals surface area contributed by atoms with Crippen LogP contribution in [0.5, 0.6) is 5.75 Å². The van der Waals surface area contributed by atoms with Gasteiger partial charge in [0.2, 0.25) is 5.91 Å². The summed E-state index contributed by atoms with van der Waals surface area (Å²) in [5.41, 5.74) is 4.12. The van der Waals surface area contributed by atoms with Gasteiger partial charge in [0.05, 0.1) is 22.7 Å². The second-order valence-corrected chi connectivity index (χ2v) is 7.11. The summed E-state index contributed by atoms with van der Waals surface area (Å²) >= 11 is 12.9. The number of carbonyl (C=O) groups excluding carboxylic acids is 1. The Balaban J connectivity index is 1.99. The number of aliphatic hydroxyl groups is 1. The molecule has 2 N–H and O–H groups in total. The van der Waals surface area contributed by atoms with Crippen molar-refractivity contribution in [3.63, 3.8) is 0 Å². The lowest BCUT2D eigenvalue weighted by molar-refractivity contribution is -0.135. The monoisotopic (exact) mass is 405 g/mol. The van der Waals surface area contributed by atoms with E-state index in [9.17, 15) is 9.90 Å². The van der Waals surface area contributed by atoms with Crippen LogP contribution < -0.4 is 4.74 Å². The molecule has 1 aliphatic heterocycles. The maximum absolute atomic E-state index is 12.0. The summed E-state index contributed by atoms with van der Waals surface area (Å²) in [6.45, 7) is 0.410. The second kappa shape index (κ2) is 7.03. The third kappa shape index (κ3) is 2.94. The van der Waals surface area contributed by atoms with Crippen molar-refractivity contribution in [2.24, 2.45) is 0 Å². The molecule has 0 spiro atoms. The first kappa shape index (κ1) is 18.1. The van der Waals surface area contributed by atoms with E-state index in [-0.39, 0.29) is 5.91 Å². The minimum absolute atomic E-state index is 0.299. The van der Waals surface area contributed by atoms with Gasteiger partial charge in [-0.3, -0.25) is 9.78 Å². The van der Waals surface area contributed by atoms with Crippen LogP contribution in [0.1, 0.15) is 11.3 Å². The van der Waals surface area contributed by atoms with E-state index in [2.05, 4.69) is 9.97 Å². The van der Waals surface area contributed by atoms with Gasteiger partial charge in [0.15, 0.2) is 0 Å². The molecule has 1 amide bonds. The zero-order valence-corrected chi connectivity index (χ0v) is 16.1. The molecule has 1 aliphatic rings. The van der Waals surface area contributed by atoms with Crippen LogP contribution in [-0.4, -0.2) is 46.1 Å². The van der Waals surface area contributed by atoms with Gasteiger partial charge in [0, 0.05) is 47.9 Å². The Labute approximate surface area is 165 Å². The predicted molar refractivity (Wildman–Crippen MR) is 104 cm³/mol. The third-order valence-electron chi connectivity index (χ3n) is 4.88. The van der Waals surface area contributed by atoms with Crippen molar-refractivity contribution in [2.45, 2.75) is 13.0 Å². The van der Waals surface area contributed by atoms with E-state index in [1.807, 2.05) is 6.07 Å². The number of hydrogen-bond donors (Lipinski definition) is 2. The van der Waals surface area contributed by atoms with Crippen molar-refractivity contribution in [1.82, 2.24) is 14.9 Å². The lowest BCUT2D eigenvalue weighted by Crippen LogP contribution is -2.37. The first-order chi connectivity index (χ1) is 13.0. The molecule has 2 aromatic heterocycles. The lowest BCUT2D eigenvalue weighted by atomic mass is 9.98. The number of aromatic nitrogens is 2. The van der Waals surface area contributed by atoms with E-state index in [4.69, 9.17) is 27.9 Å². The minimum Gasteiger partial charge on any atom is -0.494 e. The van der Waals surface area contributed by atoms with Crippen LogP contribution in [0.4, 0.5) is 0 Å². The molecule has 0 atom stereocenters. The number of methoxy groups -OCH3 is 1. The number of rotatable bonds is 3. The summed E-state index contributed by atoms with van der Waals surface area (Å²) in [6.07, 6.45) is 2.33. The molecule has 0 saturated carbocycles. The van der Waals surface area contributed by atoms with Crippen LogP contribution in [0.25, 0.3) is 22.2 Å². The van der Waals surface area contributed by atoms with Gasteiger partial charge in [-0.05, 0) is 18.2 Å². The average Bonchev–Trinajstić information content (AvgIpc) is 3.09. The van der Waals surface area contributed by atoms with Gasteiger partial charge >= 0.3 is 0 Å². The predicted octanol–water partition coefficient (Wildman–Crippen LogP) is 3.42. The maximum Gasteiger partial charge on any atom is 0.248 e. The number of aliphatic hydroxyl groups excluding tert-OH is 1. The molecular weight excluding hydrogens is 389 g/mol. The molecule has 0 radical (unpaired) electrons. The van der Waals surface area contributed by atoms with Crippen LogP contribution in [0.15, 0.2) is 24.4 Å². The molecule has 0 aliphatic carbocycles. The number of H-pyrrole nitrogens is 1. The van der Waals surface area contributed by atoms with Crippen LogP contribution in [0.2, 0.25) is 10.0 Å². The fraction of sp³-hybridized carbons (Fsp3) is 0.263. The summed E-state index contributed by atoms with van der Waals surface area (Å²) in [4.78, 5) is 21.5. The molecule has 3 aromatic rings. The highest BCUT2D eigenvalue weighted by atomic mass is 35.5. The number of nitrogens with one attached hydrogen (secondary N) is 1. The van der Waals surface area contributed by atoms with E-state index in [0.29, 0.717) is 41.0 Å². The van der Waals surface area contributed by atoms with Crippen molar-refractivity contribution in [3.05, 3.63) is 45.7 Å². The van der Waals surface area contributed by atoms with Crippen LogP contribution in [0.3, 0.4) is 0 Å². The molecule has 0 bridgehead atoms. The number of hydrogen-bond acceptors (Lipinski definition) is 4. The van der Waals surface area contributed by atoms with Gasteiger partial charge in [-0.2, -0.15) is 0 Å². The molecule has 4 rings (SSSR count). The minimum atomic E-state index is -0.509. The first-order valence-electron chi connectivity index (χ1n) is 8.44. The summed E-state index contributed by atoms with van der Waals surface area (Å²) in [6, 6.07) is 5.40. The van der Waals surface area contributed by atoms with Gasteiger partial charge in [-0.15, -0.1) is 0 Å². The second-order valence-electron chi connectivity index (χ2n) is 6.33. The molecule has 8 heteroatoms. The number of carbonyl (C=O) groups is 1. The number of pyridine rings is 1. The van der Waals surface area contributed by atoms with E-state index >= 15 is 0 Å². The topological polar surface area (TPSA) is 78.5 Å². The summed E-state index contributed by atoms with van der Waals surface area (Å²) in [5.74, 6) is 0.318. The summed E-state index contributed by atoms with van der Waals surface area (Å²) in [7, 11) is 1.59. The highest BCUT2D eigenvalue weighted by molar-refractivity contribution is 6.45. The SMILES string of the molecule is COc1cccnc1-c1cc(Cl)c(Cl)c2[nH]c3c(c12)CN(C(=O)CO)CC3. The Morgan fingerprint density at radius 3 is 3.00 bits per heavy atom. The van der Waals surface area contributed by atoms with Gasteiger partial charge in [0.25, 0.3) is 0 Å². The summed E-state index contributed by atoms with van der Waals surface area (Å²) in [5, 5.41) is 10.9. The fourth-order valence-corrected chi connectivity index (χ4v) is 4.00. The largest absolute Gasteiger partial charge is 0.494 e. The molecule has 3 heterocycles. The third-order valence-corrected chi connectivity index (χ3v) is 5.66. The number of nitrogens with zero attached hydrogens (tertiary/aromatic N) is 2. The van der Waals surface area contributed by atoms with Gasteiger partial charge < -0.3 is 19.7 Å². The summed E-state index contributed by atoms with van der Waals surface area (Å²) < 4.78 is 5.47. The van der Waals surface area contributed by atoms with Gasteiger partial charge in [-0.1, -0.05) is 23.2 Å². The molecular formula is C19H17Cl2N3O3. The Morgan fingerprint density at radius 2 is 2.26 bits per heavy atom. The molecule has 0 fully saturated rings. The zero-order chi connectivity index (χ0) is 19.1.